The van der Waals surface area contributed by atoms with Crippen LogP contribution in [0.3, 0.4) is 0 Å². The fourth-order valence-corrected chi connectivity index (χ4v) is 2.76. The number of rotatable bonds is 7. The van der Waals surface area contributed by atoms with Crippen molar-refractivity contribution in [2.24, 2.45) is 0 Å². The molecule has 0 fully saturated rings. The van der Waals surface area contributed by atoms with Gasteiger partial charge in [0.15, 0.2) is 0 Å². The monoisotopic (exact) mass is 344 g/mol. The van der Waals surface area contributed by atoms with E-state index in [1.54, 1.807) is 12.1 Å². The lowest BCUT2D eigenvalue weighted by atomic mass is 10.2. The molecule has 0 saturated heterocycles. The molecule has 2 N–H and O–H groups in total. The van der Waals surface area contributed by atoms with Gasteiger partial charge >= 0.3 is 0 Å². The van der Waals surface area contributed by atoms with Crippen LogP contribution in [0.4, 0.5) is 5.69 Å². The molecule has 0 aliphatic carbocycles. The van der Waals surface area contributed by atoms with Crippen LogP contribution in [-0.2, 0) is 14.8 Å². The van der Waals surface area contributed by atoms with E-state index in [1.807, 2.05) is 49.4 Å². The van der Waals surface area contributed by atoms with Crippen molar-refractivity contribution in [1.82, 2.24) is 4.72 Å². The van der Waals surface area contributed by atoms with Crippen molar-refractivity contribution >= 4 is 27.7 Å². The minimum absolute atomic E-state index is 0.0409. The second-order valence-electron chi connectivity index (χ2n) is 5.32. The maximum atomic E-state index is 11.9. The summed E-state index contributed by atoms with van der Waals surface area (Å²) in [7, 11) is -3.57. The molecule has 0 aliphatic heterocycles. The standard InChI is InChI=1S/C18H20N2O3S/c1-15-7-9-16(10-8-15)12-14-24(22,23)19-13-11-18(21)20-17-5-3-2-4-6-17/h2-10,12,14,19H,11,13H2,1H3,(H,20,21)/b14-12+. The molecule has 2 aromatic rings. The molecular formula is C18H20N2O3S. The van der Waals surface area contributed by atoms with Crippen molar-refractivity contribution in [2.45, 2.75) is 13.3 Å². The lowest BCUT2D eigenvalue weighted by Crippen LogP contribution is -2.26. The Morgan fingerprint density at radius 1 is 1.04 bits per heavy atom. The smallest absolute Gasteiger partial charge is 0.233 e. The Kier molecular flexibility index (Phi) is 6.28. The molecule has 126 valence electrons. The normalized spacial score (nSPS) is 11.5. The number of sulfonamides is 1. The second-order valence-corrected chi connectivity index (χ2v) is 6.97. The van der Waals surface area contributed by atoms with Crippen LogP contribution in [0.2, 0.25) is 0 Å². The van der Waals surface area contributed by atoms with E-state index in [1.165, 1.54) is 6.08 Å². The highest BCUT2D eigenvalue weighted by molar-refractivity contribution is 7.92. The zero-order valence-corrected chi connectivity index (χ0v) is 14.2. The third-order valence-electron chi connectivity index (χ3n) is 3.23. The van der Waals surface area contributed by atoms with Gasteiger partial charge in [0, 0.05) is 24.1 Å². The van der Waals surface area contributed by atoms with Gasteiger partial charge in [-0.1, -0.05) is 48.0 Å². The zero-order chi connectivity index (χ0) is 17.4. The van der Waals surface area contributed by atoms with Crippen molar-refractivity contribution < 1.29 is 13.2 Å². The first-order valence-electron chi connectivity index (χ1n) is 7.54. The molecule has 0 saturated carbocycles. The van der Waals surface area contributed by atoms with Crippen molar-refractivity contribution in [2.75, 3.05) is 11.9 Å². The van der Waals surface area contributed by atoms with Crippen LogP contribution < -0.4 is 10.0 Å². The van der Waals surface area contributed by atoms with Crippen LogP contribution in [0.5, 0.6) is 0 Å². The van der Waals surface area contributed by atoms with Crippen LogP contribution in [0, 0.1) is 6.92 Å². The Bertz CT molecular complexity index is 798. The van der Waals surface area contributed by atoms with Gasteiger partial charge in [0.05, 0.1) is 0 Å². The molecule has 2 rings (SSSR count). The minimum atomic E-state index is -3.57. The first kappa shape index (κ1) is 17.9. The van der Waals surface area contributed by atoms with E-state index in [0.29, 0.717) is 5.69 Å². The highest BCUT2D eigenvalue weighted by atomic mass is 32.2. The van der Waals surface area contributed by atoms with E-state index in [9.17, 15) is 13.2 Å². The Labute approximate surface area is 142 Å². The highest BCUT2D eigenvalue weighted by Gasteiger charge is 2.07. The summed E-state index contributed by atoms with van der Waals surface area (Å²) in [4.78, 5) is 11.7. The molecule has 0 radical (unpaired) electrons. The van der Waals surface area contributed by atoms with Gasteiger partial charge in [0.2, 0.25) is 15.9 Å². The van der Waals surface area contributed by atoms with Gasteiger partial charge in [-0.2, -0.15) is 0 Å². The number of carbonyl (C=O) groups is 1. The number of anilines is 1. The molecule has 5 nitrogen and oxygen atoms in total. The number of benzene rings is 2. The molecule has 0 heterocycles. The van der Waals surface area contributed by atoms with E-state index in [-0.39, 0.29) is 18.9 Å². The average molecular weight is 344 g/mol. The number of aryl methyl sites for hydroxylation is 1. The predicted octanol–water partition coefficient (Wildman–Crippen LogP) is 2.91. The molecule has 24 heavy (non-hydrogen) atoms. The molecular weight excluding hydrogens is 324 g/mol. The van der Waals surface area contributed by atoms with Gasteiger partial charge in [0.25, 0.3) is 0 Å². The number of hydrogen-bond acceptors (Lipinski definition) is 3. The highest BCUT2D eigenvalue weighted by Crippen LogP contribution is 2.07. The molecule has 2 aromatic carbocycles. The molecule has 0 aliphatic rings. The van der Waals surface area contributed by atoms with E-state index in [4.69, 9.17) is 0 Å². The molecule has 0 atom stereocenters. The van der Waals surface area contributed by atoms with Gasteiger partial charge in [-0.15, -0.1) is 0 Å². The second kappa shape index (κ2) is 8.42. The Hall–Kier alpha value is -2.44. The van der Waals surface area contributed by atoms with Gasteiger partial charge in [0.1, 0.15) is 0 Å². The summed E-state index contributed by atoms with van der Waals surface area (Å²) in [5.74, 6) is -0.244. The summed E-state index contributed by atoms with van der Waals surface area (Å²) in [6.45, 7) is 2.01. The van der Waals surface area contributed by atoms with Gasteiger partial charge in [-0.05, 0) is 30.7 Å². The van der Waals surface area contributed by atoms with E-state index in [0.717, 1.165) is 16.5 Å². The van der Waals surface area contributed by atoms with Crippen LogP contribution in [0.25, 0.3) is 6.08 Å². The third kappa shape index (κ3) is 6.36. The van der Waals surface area contributed by atoms with Crippen molar-refractivity contribution in [3.8, 4) is 0 Å². The number of carbonyl (C=O) groups excluding carboxylic acids is 1. The fourth-order valence-electron chi connectivity index (χ4n) is 1.95. The zero-order valence-electron chi connectivity index (χ0n) is 13.4. The Balaban J connectivity index is 1.80. The number of amides is 1. The molecule has 0 bridgehead atoms. The topological polar surface area (TPSA) is 75.3 Å². The minimum Gasteiger partial charge on any atom is -0.326 e. The average Bonchev–Trinajstić information content (AvgIpc) is 2.55. The maximum absolute atomic E-state index is 11.9. The number of para-hydroxylation sites is 1. The Morgan fingerprint density at radius 2 is 1.71 bits per heavy atom. The summed E-state index contributed by atoms with van der Waals surface area (Å²) in [6, 6.07) is 16.5. The van der Waals surface area contributed by atoms with Gasteiger partial charge in [-0.3, -0.25) is 4.79 Å². The van der Waals surface area contributed by atoms with Crippen molar-refractivity contribution in [3.63, 3.8) is 0 Å². The Morgan fingerprint density at radius 3 is 2.38 bits per heavy atom. The summed E-state index contributed by atoms with van der Waals surface area (Å²) in [6.07, 6.45) is 1.58. The number of hydrogen-bond donors (Lipinski definition) is 2. The SMILES string of the molecule is Cc1ccc(/C=C/S(=O)(=O)NCCC(=O)Nc2ccccc2)cc1. The van der Waals surface area contributed by atoms with Crippen LogP contribution in [-0.4, -0.2) is 20.9 Å². The molecule has 0 unspecified atom stereocenters. The summed E-state index contributed by atoms with van der Waals surface area (Å²) < 4.78 is 26.1. The van der Waals surface area contributed by atoms with E-state index >= 15 is 0 Å². The van der Waals surface area contributed by atoms with Crippen LogP contribution in [0.1, 0.15) is 17.5 Å². The quantitative estimate of drug-likeness (QED) is 0.811. The molecule has 6 heteroatoms. The van der Waals surface area contributed by atoms with Gasteiger partial charge in [-0.25, -0.2) is 13.1 Å². The molecule has 0 aromatic heterocycles. The lowest BCUT2D eigenvalue weighted by Gasteiger charge is -2.05. The first-order valence-corrected chi connectivity index (χ1v) is 9.08. The molecule has 1 amide bonds. The predicted molar refractivity (Wildman–Crippen MR) is 96.8 cm³/mol. The maximum Gasteiger partial charge on any atom is 0.233 e. The largest absolute Gasteiger partial charge is 0.326 e. The molecule has 0 spiro atoms. The van der Waals surface area contributed by atoms with Crippen molar-refractivity contribution in [1.29, 1.82) is 0 Å². The lowest BCUT2D eigenvalue weighted by molar-refractivity contribution is -0.116. The summed E-state index contributed by atoms with van der Waals surface area (Å²) >= 11 is 0. The number of nitrogens with one attached hydrogen (secondary N) is 2. The third-order valence-corrected chi connectivity index (χ3v) is 4.33. The van der Waals surface area contributed by atoms with Crippen molar-refractivity contribution in [3.05, 3.63) is 71.1 Å². The van der Waals surface area contributed by atoms with Crippen LogP contribution >= 0.6 is 0 Å². The van der Waals surface area contributed by atoms with E-state index in [2.05, 4.69) is 10.0 Å². The fraction of sp³-hybridized carbons (Fsp3) is 0.167. The summed E-state index contributed by atoms with van der Waals surface area (Å²) in [5.41, 5.74) is 2.59. The first-order chi connectivity index (χ1) is 11.4. The van der Waals surface area contributed by atoms with Crippen LogP contribution in [0.15, 0.2) is 60.0 Å². The summed E-state index contributed by atoms with van der Waals surface area (Å²) in [5, 5.41) is 3.80. The van der Waals surface area contributed by atoms with Gasteiger partial charge < -0.3 is 5.32 Å². The van der Waals surface area contributed by atoms with E-state index < -0.39 is 10.0 Å².